The molecule has 2 N–H and O–H groups in total. The predicted octanol–water partition coefficient (Wildman–Crippen LogP) is 0.425. The van der Waals surface area contributed by atoms with Crippen molar-refractivity contribution in [2.24, 2.45) is 0 Å². The first-order chi connectivity index (χ1) is 8.61. The Labute approximate surface area is 103 Å². The second-order valence-electron chi connectivity index (χ2n) is 3.54. The number of carbonyl (C=O) groups excluding carboxylic acids is 3. The predicted molar refractivity (Wildman–Crippen MR) is 62.6 cm³/mol. The molecule has 2 rings (SSSR count). The molecular formula is C12H10N2O4. The third-order valence-electron chi connectivity index (χ3n) is 2.38. The van der Waals surface area contributed by atoms with Gasteiger partial charge in [0, 0.05) is 0 Å². The molecular weight excluding hydrogens is 236 g/mol. The van der Waals surface area contributed by atoms with Gasteiger partial charge in [-0.3, -0.25) is 14.9 Å². The number of methoxy groups -OCH3 is 1. The Morgan fingerprint density at radius 3 is 2.61 bits per heavy atom. The van der Waals surface area contributed by atoms with Crippen molar-refractivity contribution in [3.05, 3.63) is 41.6 Å². The lowest BCUT2D eigenvalue weighted by molar-refractivity contribution is -0.135. The Morgan fingerprint density at radius 2 is 1.89 bits per heavy atom. The maximum atomic E-state index is 11.7. The maximum Gasteiger partial charge on any atom is 0.332 e. The molecule has 6 heteroatoms. The number of ether oxygens (including phenoxy) is 1. The van der Waals surface area contributed by atoms with Crippen LogP contribution in [0, 0.1) is 0 Å². The highest BCUT2D eigenvalue weighted by molar-refractivity contribution is 6.17. The van der Waals surface area contributed by atoms with Gasteiger partial charge in [0.1, 0.15) is 5.70 Å². The van der Waals surface area contributed by atoms with Crippen LogP contribution in [0.1, 0.15) is 10.4 Å². The fourth-order valence-corrected chi connectivity index (χ4v) is 1.51. The molecule has 0 fully saturated rings. The van der Waals surface area contributed by atoms with E-state index in [1.54, 1.807) is 24.3 Å². The number of nitrogens with one attached hydrogen (secondary N) is 2. The lowest BCUT2D eigenvalue weighted by Crippen LogP contribution is -2.30. The molecule has 1 aromatic rings. The summed E-state index contributed by atoms with van der Waals surface area (Å²) in [6.45, 7) is 0. The smallest absolute Gasteiger partial charge is 0.332 e. The summed E-state index contributed by atoms with van der Waals surface area (Å²) in [7, 11) is 1.20. The van der Waals surface area contributed by atoms with Crippen LogP contribution in [-0.4, -0.2) is 24.9 Å². The number of imide groups is 1. The fourth-order valence-electron chi connectivity index (χ4n) is 1.51. The van der Waals surface area contributed by atoms with Gasteiger partial charge >= 0.3 is 5.97 Å². The average molecular weight is 246 g/mol. The summed E-state index contributed by atoms with van der Waals surface area (Å²) in [6, 6.07) is 6.61. The van der Waals surface area contributed by atoms with Gasteiger partial charge in [0.15, 0.2) is 0 Å². The van der Waals surface area contributed by atoms with Gasteiger partial charge in [-0.1, -0.05) is 12.1 Å². The molecule has 1 aliphatic heterocycles. The van der Waals surface area contributed by atoms with Crippen molar-refractivity contribution in [1.29, 1.82) is 0 Å². The van der Waals surface area contributed by atoms with Crippen LogP contribution in [0.15, 0.2) is 36.0 Å². The van der Waals surface area contributed by atoms with Gasteiger partial charge in [0.25, 0.3) is 11.8 Å². The lowest BCUT2D eigenvalue weighted by Gasteiger charge is -2.06. The fraction of sp³-hybridized carbons (Fsp3) is 0.0833. The quantitative estimate of drug-likeness (QED) is 0.426. The Bertz CT molecular complexity index is 563. The van der Waals surface area contributed by atoms with Crippen LogP contribution < -0.4 is 10.6 Å². The van der Waals surface area contributed by atoms with Crippen molar-refractivity contribution < 1.29 is 19.1 Å². The van der Waals surface area contributed by atoms with Crippen LogP contribution in [0.2, 0.25) is 0 Å². The third kappa shape index (κ3) is 2.22. The number of hydrogen-bond acceptors (Lipinski definition) is 5. The first-order valence-electron chi connectivity index (χ1n) is 5.13. The van der Waals surface area contributed by atoms with E-state index < -0.39 is 17.8 Å². The number of para-hydroxylation sites is 1. The summed E-state index contributed by atoms with van der Waals surface area (Å²) < 4.78 is 4.44. The molecule has 0 bridgehead atoms. The number of anilines is 1. The molecule has 0 saturated carbocycles. The summed E-state index contributed by atoms with van der Waals surface area (Å²) in [6.07, 6.45) is 0.991. The van der Waals surface area contributed by atoms with E-state index in [2.05, 4.69) is 15.4 Å². The van der Waals surface area contributed by atoms with Gasteiger partial charge in [-0.15, -0.1) is 0 Å². The van der Waals surface area contributed by atoms with Crippen molar-refractivity contribution in [2.45, 2.75) is 0 Å². The molecule has 92 valence electrons. The van der Waals surface area contributed by atoms with Gasteiger partial charge in [0.05, 0.1) is 24.4 Å². The van der Waals surface area contributed by atoms with Crippen LogP contribution in [0.5, 0.6) is 0 Å². The minimum atomic E-state index is -0.681. The van der Waals surface area contributed by atoms with Crippen molar-refractivity contribution >= 4 is 23.5 Å². The normalized spacial score (nSPS) is 16.4. The number of carbonyl (C=O) groups is 3. The van der Waals surface area contributed by atoms with Crippen LogP contribution in [0.25, 0.3) is 0 Å². The van der Waals surface area contributed by atoms with Gasteiger partial charge in [-0.25, -0.2) is 4.79 Å². The minimum absolute atomic E-state index is 0.0415. The van der Waals surface area contributed by atoms with E-state index in [1.165, 1.54) is 7.11 Å². The highest BCUT2D eigenvalue weighted by Crippen LogP contribution is 2.19. The number of fused-ring (bicyclic) bond motifs is 1. The Morgan fingerprint density at radius 1 is 1.17 bits per heavy atom. The van der Waals surface area contributed by atoms with E-state index >= 15 is 0 Å². The minimum Gasteiger partial charge on any atom is -0.466 e. The number of benzene rings is 1. The number of esters is 1. The lowest BCUT2D eigenvalue weighted by atomic mass is 10.1. The summed E-state index contributed by atoms with van der Waals surface area (Å²) in [4.78, 5) is 34.5. The van der Waals surface area contributed by atoms with Gasteiger partial charge in [-0.05, 0) is 12.1 Å². The molecule has 1 aliphatic rings. The topological polar surface area (TPSA) is 84.5 Å². The molecule has 1 aromatic carbocycles. The Kier molecular flexibility index (Phi) is 3.09. The van der Waals surface area contributed by atoms with Crippen molar-refractivity contribution in [3.8, 4) is 0 Å². The van der Waals surface area contributed by atoms with Crippen LogP contribution in [0.4, 0.5) is 5.69 Å². The van der Waals surface area contributed by atoms with E-state index in [0.29, 0.717) is 11.3 Å². The van der Waals surface area contributed by atoms with E-state index in [-0.39, 0.29) is 5.70 Å². The van der Waals surface area contributed by atoms with Crippen molar-refractivity contribution in [2.75, 3.05) is 12.4 Å². The molecule has 0 spiro atoms. The number of hydrogen-bond donors (Lipinski definition) is 2. The highest BCUT2D eigenvalue weighted by atomic mass is 16.5. The first kappa shape index (κ1) is 11.8. The average Bonchev–Trinajstić information content (AvgIpc) is 2.48. The molecule has 0 unspecified atom stereocenters. The molecule has 1 heterocycles. The Hall–Kier alpha value is -2.63. The van der Waals surface area contributed by atoms with Gasteiger partial charge in [0.2, 0.25) is 0 Å². The summed E-state index contributed by atoms with van der Waals surface area (Å²) >= 11 is 0. The standard InChI is InChI=1S/C12H10N2O4/c1-18-10(15)6-9-12(17)14-11(16)7-4-2-3-5-8(7)13-9/h2-6,13H,1H3,(H,14,16,17)/b9-6-. The molecule has 18 heavy (non-hydrogen) atoms. The largest absolute Gasteiger partial charge is 0.466 e. The first-order valence-corrected chi connectivity index (χ1v) is 5.13. The molecule has 0 radical (unpaired) electrons. The molecule has 2 amide bonds. The van der Waals surface area contributed by atoms with Crippen LogP contribution in [0.3, 0.4) is 0 Å². The molecule has 0 aromatic heterocycles. The number of amides is 2. The second-order valence-corrected chi connectivity index (χ2v) is 3.54. The molecule has 0 aliphatic carbocycles. The van der Waals surface area contributed by atoms with E-state index in [9.17, 15) is 14.4 Å². The van der Waals surface area contributed by atoms with Crippen molar-refractivity contribution in [3.63, 3.8) is 0 Å². The number of rotatable bonds is 1. The summed E-state index contributed by atoms with van der Waals surface area (Å²) in [5, 5.41) is 4.89. The van der Waals surface area contributed by atoms with Crippen LogP contribution >= 0.6 is 0 Å². The van der Waals surface area contributed by atoms with Gasteiger partial charge < -0.3 is 10.1 Å². The van der Waals surface area contributed by atoms with Crippen LogP contribution in [-0.2, 0) is 14.3 Å². The third-order valence-corrected chi connectivity index (χ3v) is 2.38. The van der Waals surface area contributed by atoms with Crippen molar-refractivity contribution in [1.82, 2.24) is 5.32 Å². The molecule has 0 saturated heterocycles. The SMILES string of the molecule is COC(=O)/C=C1\Nc2ccccc2C(=O)NC1=O. The highest BCUT2D eigenvalue weighted by Gasteiger charge is 2.23. The zero-order valence-electron chi connectivity index (χ0n) is 9.52. The second kappa shape index (κ2) is 4.70. The summed E-state index contributed by atoms with van der Waals surface area (Å²) in [5.74, 6) is -1.88. The van der Waals surface area contributed by atoms with E-state index in [4.69, 9.17) is 0 Å². The van der Waals surface area contributed by atoms with E-state index in [0.717, 1.165) is 6.08 Å². The van der Waals surface area contributed by atoms with E-state index in [1.807, 2.05) is 0 Å². The molecule has 6 nitrogen and oxygen atoms in total. The molecule has 0 atom stereocenters. The van der Waals surface area contributed by atoms with Gasteiger partial charge in [-0.2, -0.15) is 0 Å². The maximum absolute atomic E-state index is 11.7. The zero-order chi connectivity index (χ0) is 13.1. The monoisotopic (exact) mass is 246 g/mol. The zero-order valence-corrected chi connectivity index (χ0v) is 9.52. The summed E-state index contributed by atoms with van der Waals surface area (Å²) in [5.41, 5.74) is 0.746. The Balaban J connectivity index is 2.43.